The first-order valence-corrected chi connectivity index (χ1v) is 6.99. The third-order valence-electron chi connectivity index (χ3n) is 3.80. The van der Waals surface area contributed by atoms with Gasteiger partial charge < -0.3 is 10.6 Å². The molecule has 0 radical (unpaired) electrons. The fraction of sp³-hybridized carbons (Fsp3) is 0.600. The molecular weight excluding hydrogens is 241 g/mol. The second kappa shape index (κ2) is 6.46. The van der Waals surface area contributed by atoms with E-state index in [1.54, 1.807) is 6.07 Å². The normalized spacial score (nSPS) is 17.6. The molecule has 1 saturated heterocycles. The van der Waals surface area contributed by atoms with Crippen molar-refractivity contribution in [1.29, 1.82) is 0 Å². The monoisotopic (exact) mass is 265 g/mol. The van der Waals surface area contributed by atoms with Crippen molar-refractivity contribution >= 4 is 0 Å². The van der Waals surface area contributed by atoms with E-state index in [9.17, 15) is 4.39 Å². The summed E-state index contributed by atoms with van der Waals surface area (Å²) in [7, 11) is 0. The summed E-state index contributed by atoms with van der Waals surface area (Å²) in [6.45, 7) is 10.2. The van der Waals surface area contributed by atoms with Gasteiger partial charge in [-0.15, -0.1) is 0 Å². The van der Waals surface area contributed by atoms with E-state index in [2.05, 4.69) is 29.4 Å². The molecule has 0 unspecified atom stereocenters. The van der Waals surface area contributed by atoms with Crippen molar-refractivity contribution in [3.8, 4) is 0 Å². The molecule has 1 aromatic rings. The van der Waals surface area contributed by atoms with Gasteiger partial charge in [-0.2, -0.15) is 0 Å². The Kier molecular flexibility index (Phi) is 4.91. The van der Waals surface area contributed by atoms with Crippen LogP contribution in [0.2, 0.25) is 0 Å². The van der Waals surface area contributed by atoms with Gasteiger partial charge >= 0.3 is 0 Å². The first-order chi connectivity index (χ1) is 9.09. The van der Waals surface area contributed by atoms with E-state index in [1.807, 2.05) is 12.1 Å². The molecule has 0 aromatic heterocycles. The Balaban J connectivity index is 1.82. The Bertz CT molecular complexity index is 400. The van der Waals surface area contributed by atoms with Gasteiger partial charge in [0.05, 0.1) is 0 Å². The van der Waals surface area contributed by atoms with Crippen LogP contribution in [0.4, 0.5) is 4.39 Å². The third-order valence-corrected chi connectivity index (χ3v) is 3.80. The van der Waals surface area contributed by atoms with Gasteiger partial charge in [0.2, 0.25) is 0 Å². The minimum absolute atomic E-state index is 0.105. The lowest BCUT2D eigenvalue weighted by Gasteiger charge is -2.41. The molecule has 2 rings (SSSR count). The fourth-order valence-corrected chi connectivity index (χ4v) is 2.53. The lowest BCUT2D eigenvalue weighted by atomic mass is 10.0. The maximum atomic E-state index is 13.5. The molecular formula is C15H24FN3. The smallest absolute Gasteiger partial charge is 0.127 e. The average Bonchev–Trinajstić information content (AvgIpc) is 2.42. The Morgan fingerprint density at radius 1 is 1.26 bits per heavy atom. The van der Waals surface area contributed by atoms with Crippen LogP contribution in [0.15, 0.2) is 24.3 Å². The number of benzene rings is 1. The lowest BCUT2D eigenvalue weighted by Crippen LogP contribution is -2.57. The predicted molar refractivity (Wildman–Crippen MR) is 76.6 cm³/mol. The first kappa shape index (κ1) is 14.4. The van der Waals surface area contributed by atoms with Crippen molar-refractivity contribution in [3.05, 3.63) is 35.6 Å². The van der Waals surface area contributed by atoms with Crippen LogP contribution < -0.4 is 10.6 Å². The molecule has 1 aromatic carbocycles. The topological polar surface area (TPSA) is 27.3 Å². The number of hydrogen-bond donors (Lipinski definition) is 2. The van der Waals surface area contributed by atoms with Gasteiger partial charge in [0.25, 0.3) is 0 Å². The molecule has 19 heavy (non-hydrogen) atoms. The summed E-state index contributed by atoms with van der Waals surface area (Å²) in [5, 5.41) is 6.74. The number of hydrogen-bond acceptors (Lipinski definition) is 3. The molecule has 0 spiro atoms. The highest BCUT2D eigenvalue weighted by Crippen LogP contribution is 2.14. The maximum Gasteiger partial charge on any atom is 0.127 e. The number of halogens is 1. The molecule has 3 nitrogen and oxygen atoms in total. The van der Waals surface area contributed by atoms with E-state index in [-0.39, 0.29) is 11.4 Å². The number of nitrogens with zero attached hydrogens (tertiary/aromatic N) is 1. The summed E-state index contributed by atoms with van der Waals surface area (Å²) in [4.78, 5) is 2.48. The molecule has 1 fully saturated rings. The van der Waals surface area contributed by atoms with Crippen LogP contribution in [0, 0.1) is 5.82 Å². The first-order valence-electron chi connectivity index (χ1n) is 6.99. The zero-order valence-electron chi connectivity index (χ0n) is 11.9. The van der Waals surface area contributed by atoms with Crippen LogP contribution >= 0.6 is 0 Å². The van der Waals surface area contributed by atoms with Crippen LogP contribution in [-0.4, -0.2) is 43.2 Å². The fourth-order valence-electron chi connectivity index (χ4n) is 2.53. The highest BCUT2D eigenvalue weighted by atomic mass is 19.1. The van der Waals surface area contributed by atoms with Crippen LogP contribution in [-0.2, 0) is 6.54 Å². The van der Waals surface area contributed by atoms with Crippen molar-refractivity contribution in [2.45, 2.75) is 25.9 Å². The number of piperazine rings is 1. The molecule has 0 bridgehead atoms. The summed E-state index contributed by atoms with van der Waals surface area (Å²) in [6.07, 6.45) is 0. The summed E-state index contributed by atoms with van der Waals surface area (Å²) in [5.74, 6) is -0.130. The zero-order valence-corrected chi connectivity index (χ0v) is 11.9. The van der Waals surface area contributed by atoms with Gasteiger partial charge in [0.1, 0.15) is 5.82 Å². The molecule has 1 aliphatic rings. The standard InChI is InChI=1S/C15H24FN3/c1-15(2,19-9-7-17-8-10-19)12-18-11-13-5-3-4-6-14(13)16/h3-6,17-18H,7-12H2,1-2H3. The summed E-state index contributed by atoms with van der Waals surface area (Å²) in [5.41, 5.74) is 0.839. The van der Waals surface area contributed by atoms with Gasteiger partial charge in [-0.05, 0) is 19.9 Å². The quantitative estimate of drug-likeness (QED) is 0.847. The van der Waals surface area contributed by atoms with Crippen molar-refractivity contribution in [2.24, 2.45) is 0 Å². The molecule has 1 aliphatic heterocycles. The van der Waals surface area contributed by atoms with E-state index >= 15 is 0 Å². The van der Waals surface area contributed by atoms with Gasteiger partial charge in [0, 0.05) is 50.4 Å². The molecule has 4 heteroatoms. The van der Waals surface area contributed by atoms with Crippen molar-refractivity contribution in [3.63, 3.8) is 0 Å². The van der Waals surface area contributed by atoms with E-state index in [0.717, 1.165) is 38.3 Å². The molecule has 106 valence electrons. The summed E-state index contributed by atoms with van der Waals surface area (Å²) < 4.78 is 13.5. The summed E-state index contributed by atoms with van der Waals surface area (Å²) >= 11 is 0. The zero-order chi connectivity index (χ0) is 13.7. The third kappa shape index (κ3) is 4.00. The molecule has 2 N–H and O–H groups in total. The van der Waals surface area contributed by atoms with Crippen molar-refractivity contribution in [2.75, 3.05) is 32.7 Å². The largest absolute Gasteiger partial charge is 0.314 e. The minimum atomic E-state index is -0.130. The van der Waals surface area contributed by atoms with E-state index in [4.69, 9.17) is 0 Å². The van der Waals surface area contributed by atoms with Gasteiger partial charge in [-0.1, -0.05) is 18.2 Å². The molecule has 0 saturated carbocycles. The van der Waals surface area contributed by atoms with Crippen molar-refractivity contribution < 1.29 is 4.39 Å². The lowest BCUT2D eigenvalue weighted by molar-refractivity contribution is 0.102. The van der Waals surface area contributed by atoms with Gasteiger partial charge in [-0.25, -0.2) is 4.39 Å². The summed E-state index contributed by atoms with van der Waals surface area (Å²) in [6, 6.07) is 6.95. The van der Waals surface area contributed by atoms with E-state index in [0.29, 0.717) is 6.54 Å². The molecule has 0 aliphatic carbocycles. The van der Waals surface area contributed by atoms with Gasteiger partial charge in [-0.3, -0.25) is 4.90 Å². The van der Waals surface area contributed by atoms with Crippen LogP contribution in [0.1, 0.15) is 19.4 Å². The average molecular weight is 265 g/mol. The second-order valence-electron chi connectivity index (χ2n) is 5.74. The highest BCUT2D eigenvalue weighted by molar-refractivity contribution is 5.16. The van der Waals surface area contributed by atoms with E-state index < -0.39 is 0 Å². The predicted octanol–water partition coefficient (Wildman–Crippen LogP) is 1.60. The highest BCUT2D eigenvalue weighted by Gasteiger charge is 2.27. The molecule has 0 amide bonds. The molecule has 0 atom stereocenters. The SMILES string of the molecule is CC(C)(CNCc1ccccc1F)N1CCNCC1. The Morgan fingerprint density at radius 3 is 2.63 bits per heavy atom. The maximum absolute atomic E-state index is 13.5. The van der Waals surface area contributed by atoms with Crippen LogP contribution in [0.5, 0.6) is 0 Å². The minimum Gasteiger partial charge on any atom is -0.314 e. The van der Waals surface area contributed by atoms with Crippen LogP contribution in [0.3, 0.4) is 0 Å². The molecule has 1 heterocycles. The van der Waals surface area contributed by atoms with Crippen LogP contribution in [0.25, 0.3) is 0 Å². The Labute approximate surface area is 115 Å². The Morgan fingerprint density at radius 2 is 1.95 bits per heavy atom. The second-order valence-corrected chi connectivity index (χ2v) is 5.74. The Hall–Kier alpha value is -0.970. The van der Waals surface area contributed by atoms with E-state index in [1.165, 1.54) is 6.07 Å². The number of nitrogens with one attached hydrogen (secondary N) is 2. The van der Waals surface area contributed by atoms with Gasteiger partial charge in [0.15, 0.2) is 0 Å². The van der Waals surface area contributed by atoms with Crippen molar-refractivity contribution in [1.82, 2.24) is 15.5 Å². The number of rotatable bonds is 5.